The Bertz CT molecular complexity index is 614. The largest absolute Gasteiger partial charge is 0.480 e. The fourth-order valence-corrected chi connectivity index (χ4v) is 2.38. The lowest BCUT2D eigenvalue weighted by atomic mass is 9.99. The van der Waals surface area contributed by atoms with Crippen molar-refractivity contribution < 1.29 is 14.7 Å². The normalized spacial score (nSPS) is 21.0. The Hall–Kier alpha value is -2.22. The topological polar surface area (TPSA) is 99.3 Å². The fraction of sp³-hybridized carbons (Fsp3) is 0.286. The number of H-pyrrole nitrogens is 1. The highest BCUT2D eigenvalue weighted by atomic mass is 16.6. The van der Waals surface area contributed by atoms with E-state index in [0.29, 0.717) is 18.8 Å². The average molecular weight is 288 g/mol. The van der Waals surface area contributed by atoms with Gasteiger partial charge in [0.05, 0.1) is 24.5 Å². The summed E-state index contributed by atoms with van der Waals surface area (Å²) in [6, 6.07) is 8.91. The van der Waals surface area contributed by atoms with Gasteiger partial charge in [-0.25, -0.2) is 0 Å². The fourth-order valence-electron chi connectivity index (χ4n) is 2.38. The summed E-state index contributed by atoms with van der Waals surface area (Å²) in [5.74, 6) is -0.927. The van der Waals surface area contributed by atoms with Gasteiger partial charge in [-0.2, -0.15) is 10.6 Å². The van der Waals surface area contributed by atoms with Crippen LogP contribution in [-0.4, -0.2) is 27.8 Å². The molecule has 0 spiro atoms. The van der Waals surface area contributed by atoms with Crippen LogP contribution in [0.4, 0.5) is 0 Å². The molecule has 0 radical (unpaired) electrons. The third-order valence-corrected chi connectivity index (χ3v) is 3.44. The number of rotatable bonds is 5. The number of nitrogens with one attached hydrogen (secondary N) is 3. The molecule has 1 aromatic carbocycles. The van der Waals surface area contributed by atoms with E-state index < -0.39 is 12.0 Å². The van der Waals surface area contributed by atoms with Crippen molar-refractivity contribution in [1.29, 1.82) is 0 Å². The zero-order chi connectivity index (χ0) is 14.7. The molecule has 2 atom stereocenters. The number of carboxylic acid groups (broad SMARTS) is 1. The first-order valence-electron chi connectivity index (χ1n) is 6.66. The Kier molecular flexibility index (Phi) is 3.96. The van der Waals surface area contributed by atoms with Crippen LogP contribution in [-0.2, 0) is 16.2 Å². The van der Waals surface area contributed by atoms with E-state index in [0.717, 1.165) is 11.1 Å². The lowest BCUT2D eigenvalue weighted by Crippen LogP contribution is -2.42. The van der Waals surface area contributed by atoms with Gasteiger partial charge in [0.1, 0.15) is 6.04 Å². The van der Waals surface area contributed by atoms with E-state index >= 15 is 0 Å². The average Bonchev–Trinajstić information content (AvgIpc) is 2.98. The molecule has 2 aromatic rings. The summed E-state index contributed by atoms with van der Waals surface area (Å²) in [5.41, 5.74) is 5.39. The number of hydrogen-bond donors (Lipinski definition) is 4. The van der Waals surface area contributed by atoms with Crippen molar-refractivity contribution in [1.82, 2.24) is 21.0 Å². The third-order valence-electron chi connectivity index (χ3n) is 3.44. The standard InChI is InChI=1S/C14H16N4O3/c19-14(20)13-12-10(6-16-17-12)11(7-15-13)18-21-8-9-4-2-1-3-5-9/h1-6,11,13,15,18H,7-8H2,(H,16,17)(H,19,20). The summed E-state index contributed by atoms with van der Waals surface area (Å²) in [6.07, 6.45) is 1.63. The van der Waals surface area contributed by atoms with E-state index in [1.54, 1.807) is 6.20 Å². The highest BCUT2D eigenvalue weighted by Gasteiger charge is 2.32. The summed E-state index contributed by atoms with van der Waals surface area (Å²) in [4.78, 5) is 16.7. The maximum atomic E-state index is 11.2. The maximum absolute atomic E-state index is 11.2. The van der Waals surface area contributed by atoms with Crippen LogP contribution >= 0.6 is 0 Å². The Balaban J connectivity index is 1.62. The number of aromatic amines is 1. The van der Waals surface area contributed by atoms with Gasteiger partial charge in [0.15, 0.2) is 0 Å². The molecule has 2 unspecified atom stereocenters. The van der Waals surface area contributed by atoms with Gasteiger partial charge in [0, 0.05) is 12.1 Å². The monoisotopic (exact) mass is 288 g/mol. The Morgan fingerprint density at radius 1 is 1.43 bits per heavy atom. The zero-order valence-corrected chi connectivity index (χ0v) is 11.2. The van der Waals surface area contributed by atoms with Crippen LogP contribution in [0.25, 0.3) is 0 Å². The maximum Gasteiger partial charge on any atom is 0.326 e. The molecule has 0 saturated carbocycles. The second-order valence-electron chi connectivity index (χ2n) is 4.86. The van der Waals surface area contributed by atoms with Crippen LogP contribution in [0, 0.1) is 0 Å². The van der Waals surface area contributed by atoms with Gasteiger partial charge < -0.3 is 5.11 Å². The van der Waals surface area contributed by atoms with Crippen LogP contribution in [0.1, 0.15) is 28.9 Å². The summed E-state index contributed by atoms with van der Waals surface area (Å²) < 4.78 is 0. The Morgan fingerprint density at radius 2 is 2.24 bits per heavy atom. The molecule has 0 aliphatic carbocycles. The van der Waals surface area contributed by atoms with Gasteiger partial charge in [-0.05, 0) is 5.56 Å². The SMILES string of the molecule is O=C(O)C1NCC(NOCc2ccccc2)c2cn[nH]c21. The minimum absolute atomic E-state index is 0.141. The molecule has 1 aliphatic rings. The first-order valence-corrected chi connectivity index (χ1v) is 6.66. The predicted octanol–water partition coefficient (Wildman–Crippen LogP) is 0.901. The second-order valence-corrected chi connectivity index (χ2v) is 4.86. The van der Waals surface area contributed by atoms with Crippen molar-refractivity contribution in [2.75, 3.05) is 6.54 Å². The molecular weight excluding hydrogens is 272 g/mol. The number of hydrogen-bond acceptors (Lipinski definition) is 5. The van der Waals surface area contributed by atoms with Crippen LogP contribution in [0.5, 0.6) is 0 Å². The van der Waals surface area contributed by atoms with Crippen molar-refractivity contribution >= 4 is 5.97 Å². The molecule has 0 saturated heterocycles. The van der Waals surface area contributed by atoms with E-state index in [4.69, 9.17) is 9.94 Å². The van der Waals surface area contributed by atoms with E-state index in [2.05, 4.69) is 21.0 Å². The Morgan fingerprint density at radius 3 is 3.00 bits per heavy atom. The highest BCUT2D eigenvalue weighted by Crippen LogP contribution is 2.26. The number of benzene rings is 1. The molecule has 2 heterocycles. The van der Waals surface area contributed by atoms with Crippen LogP contribution in [0.3, 0.4) is 0 Å². The van der Waals surface area contributed by atoms with Crippen molar-refractivity contribution in [3.63, 3.8) is 0 Å². The number of carboxylic acids is 1. The highest BCUT2D eigenvalue weighted by molar-refractivity contribution is 5.75. The van der Waals surface area contributed by atoms with E-state index in [1.807, 2.05) is 30.3 Å². The van der Waals surface area contributed by atoms with Crippen molar-refractivity contribution in [3.8, 4) is 0 Å². The molecule has 7 nitrogen and oxygen atoms in total. The molecule has 4 N–H and O–H groups in total. The molecule has 0 fully saturated rings. The summed E-state index contributed by atoms with van der Waals surface area (Å²) in [7, 11) is 0. The zero-order valence-electron chi connectivity index (χ0n) is 11.2. The number of hydroxylamine groups is 1. The number of fused-ring (bicyclic) bond motifs is 1. The second kappa shape index (κ2) is 6.04. The molecule has 1 aliphatic heterocycles. The minimum Gasteiger partial charge on any atom is -0.480 e. The predicted molar refractivity (Wildman–Crippen MR) is 74.1 cm³/mol. The molecule has 21 heavy (non-hydrogen) atoms. The number of carbonyl (C=O) groups is 1. The van der Waals surface area contributed by atoms with Gasteiger partial charge in [-0.3, -0.25) is 20.0 Å². The number of aromatic nitrogens is 2. The molecule has 1 aromatic heterocycles. The van der Waals surface area contributed by atoms with E-state index in [1.165, 1.54) is 0 Å². The minimum atomic E-state index is -0.927. The molecule has 110 valence electrons. The van der Waals surface area contributed by atoms with Gasteiger partial charge in [-0.1, -0.05) is 30.3 Å². The van der Waals surface area contributed by atoms with Crippen LogP contribution in [0.2, 0.25) is 0 Å². The van der Waals surface area contributed by atoms with Crippen LogP contribution < -0.4 is 10.8 Å². The van der Waals surface area contributed by atoms with Gasteiger partial charge >= 0.3 is 5.97 Å². The molecule has 0 bridgehead atoms. The first kappa shape index (κ1) is 13.7. The number of aliphatic carboxylic acids is 1. The summed E-state index contributed by atoms with van der Waals surface area (Å²) in [6.45, 7) is 0.894. The molecule has 3 rings (SSSR count). The van der Waals surface area contributed by atoms with Gasteiger partial charge in [-0.15, -0.1) is 0 Å². The van der Waals surface area contributed by atoms with Crippen molar-refractivity contribution in [2.24, 2.45) is 0 Å². The van der Waals surface area contributed by atoms with E-state index in [9.17, 15) is 4.79 Å². The van der Waals surface area contributed by atoms with Crippen molar-refractivity contribution in [3.05, 3.63) is 53.3 Å². The lowest BCUT2D eigenvalue weighted by molar-refractivity contribution is -0.140. The molecule has 7 heteroatoms. The van der Waals surface area contributed by atoms with E-state index in [-0.39, 0.29) is 6.04 Å². The third kappa shape index (κ3) is 2.94. The summed E-state index contributed by atoms with van der Waals surface area (Å²) in [5, 5.41) is 18.8. The van der Waals surface area contributed by atoms with Crippen LogP contribution in [0.15, 0.2) is 36.5 Å². The Labute approximate surface area is 121 Å². The molecular formula is C14H16N4O3. The number of nitrogens with zero attached hydrogens (tertiary/aromatic N) is 1. The first-order chi connectivity index (χ1) is 10.3. The quantitative estimate of drug-likeness (QED) is 0.610. The van der Waals surface area contributed by atoms with Gasteiger partial charge in [0.2, 0.25) is 0 Å². The van der Waals surface area contributed by atoms with Gasteiger partial charge in [0.25, 0.3) is 0 Å². The van der Waals surface area contributed by atoms with Crippen molar-refractivity contribution in [2.45, 2.75) is 18.7 Å². The lowest BCUT2D eigenvalue weighted by Gasteiger charge is -2.27. The molecule has 0 amide bonds. The smallest absolute Gasteiger partial charge is 0.326 e. The summed E-state index contributed by atoms with van der Waals surface area (Å²) >= 11 is 0.